The minimum absolute atomic E-state index is 0.145. The summed E-state index contributed by atoms with van der Waals surface area (Å²) in [6.07, 6.45) is 5.21. The topological polar surface area (TPSA) is 50.4 Å². The minimum atomic E-state index is -0.145. The molecular weight excluding hydrogens is 228 g/mol. The van der Waals surface area contributed by atoms with Crippen LogP contribution < -0.4 is 15.4 Å². The molecule has 3 rings (SSSR count). The molecule has 0 spiro atoms. The molecule has 0 saturated heterocycles. The van der Waals surface area contributed by atoms with Crippen LogP contribution in [-0.4, -0.2) is 12.6 Å². The molecule has 2 aliphatic rings. The Labute approximate surface area is 107 Å². The van der Waals surface area contributed by atoms with Crippen molar-refractivity contribution in [2.24, 2.45) is 5.92 Å². The largest absolute Gasteiger partial charge is 0.494 e. The molecular formula is C14H18N2O2. The van der Waals surface area contributed by atoms with Gasteiger partial charge in [0.1, 0.15) is 5.75 Å². The van der Waals surface area contributed by atoms with Crippen LogP contribution in [0.2, 0.25) is 0 Å². The minimum Gasteiger partial charge on any atom is -0.494 e. The number of ether oxygens (including phenoxy) is 1. The Kier molecular flexibility index (Phi) is 3.09. The van der Waals surface area contributed by atoms with Crippen LogP contribution in [0.5, 0.6) is 5.75 Å². The molecule has 4 nitrogen and oxygen atoms in total. The Morgan fingerprint density at radius 3 is 3.06 bits per heavy atom. The van der Waals surface area contributed by atoms with Gasteiger partial charge in [-0.05, 0) is 30.4 Å². The van der Waals surface area contributed by atoms with E-state index in [0.29, 0.717) is 6.54 Å². The molecule has 0 atom stereocenters. The zero-order valence-corrected chi connectivity index (χ0v) is 10.4. The molecule has 0 bridgehead atoms. The standard InChI is InChI=1S/C14H18N2O2/c17-14-15-9-11-5-6-12(8-13(11)16-14)18-7-1-2-10-3-4-10/h5-6,8,10H,1-4,7,9H2,(H2,15,16,17). The van der Waals surface area contributed by atoms with Gasteiger partial charge in [0.25, 0.3) is 0 Å². The van der Waals surface area contributed by atoms with Crippen LogP contribution >= 0.6 is 0 Å². The molecule has 4 heteroatoms. The smallest absolute Gasteiger partial charge is 0.319 e. The van der Waals surface area contributed by atoms with Gasteiger partial charge in [-0.25, -0.2) is 4.79 Å². The Hall–Kier alpha value is -1.71. The highest BCUT2D eigenvalue weighted by molar-refractivity contribution is 5.92. The van der Waals surface area contributed by atoms with Crippen molar-refractivity contribution in [2.45, 2.75) is 32.2 Å². The molecule has 0 radical (unpaired) electrons. The zero-order valence-electron chi connectivity index (χ0n) is 10.4. The summed E-state index contributed by atoms with van der Waals surface area (Å²) in [6.45, 7) is 1.35. The summed E-state index contributed by atoms with van der Waals surface area (Å²) in [6, 6.07) is 5.73. The van der Waals surface area contributed by atoms with Crippen molar-refractivity contribution in [3.8, 4) is 5.75 Å². The van der Waals surface area contributed by atoms with E-state index in [2.05, 4.69) is 10.6 Å². The molecule has 1 aromatic carbocycles. The fourth-order valence-corrected chi connectivity index (χ4v) is 2.23. The number of hydrogen-bond donors (Lipinski definition) is 2. The SMILES string of the molecule is O=C1NCc2ccc(OCCCC3CC3)cc2N1. The first-order valence-electron chi connectivity index (χ1n) is 6.62. The van der Waals surface area contributed by atoms with Crippen LogP contribution in [-0.2, 0) is 6.54 Å². The highest BCUT2D eigenvalue weighted by atomic mass is 16.5. The number of benzene rings is 1. The lowest BCUT2D eigenvalue weighted by atomic mass is 10.1. The van der Waals surface area contributed by atoms with Gasteiger partial charge < -0.3 is 15.4 Å². The lowest BCUT2D eigenvalue weighted by molar-refractivity contribution is 0.251. The molecule has 1 saturated carbocycles. The van der Waals surface area contributed by atoms with E-state index in [1.54, 1.807) is 0 Å². The molecule has 1 heterocycles. The Bertz CT molecular complexity index is 455. The molecule has 96 valence electrons. The molecule has 1 aromatic rings. The van der Waals surface area contributed by atoms with E-state index in [1.165, 1.54) is 19.3 Å². The predicted molar refractivity (Wildman–Crippen MR) is 69.8 cm³/mol. The maximum atomic E-state index is 11.2. The summed E-state index contributed by atoms with van der Waals surface area (Å²) in [5.74, 6) is 1.80. The lowest BCUT2D eigenvalue weighted by Gasteiger charge is -2.19. The fourth-order valence-electron chi connectivity index (χ4n) is 2.23. The fraction of sp³-hybridized carbons (Fsp3) is 0.500. The molecule has 18 heavy (non-hydrogen) atoms. The summed E-state index contributed by atoms with van der Waals surface area (Å²) in [5, 5.41) is 5.53. The van der Waals surface area contributed by atoms with Gasteiger partial charge in [0.2, 0.25) is 0 Å². The van der Waals surface area contributed by atoms with Crippen molar-refractivity contribution in [1.29, 1.82) is 0 Å². The van der Waals surface area contributed by atoms with Crippen LogP contribution in [0, 0.1) is 5.92 Å². The molecule has 2 amide bonds. The Morgan fingerprint density at radius 1 is 1.33 bits per heavy atom. The molecule has 0 aromatic heterocycles. The second-order valence-electron chi connectivity index (χ2n) is 5.06. The average Bonchev–Trinajstić information content (AvgIpc) is 3.18. The predicted octanol–water partition coefficient (Wildman–Crippen LogP) is 2.89. The molecule has 0 unspecified atom stereocenters. The van der Waals surface area contributed by atoms with Gasteiger partial charge in [-0.1, -0.05) is 18.9 Å². The number of urea groups is 1. The van der Waals surface area contributed by atoms with Crippen molar-refractivity contribution >= 4 is 11.7 Å². The van der Waals surface area contributed by atoms with Crippen LogP contribution in [0.1, 0.15) is 31.2 Å². The van der Waals surface area contributed by atoms with Gasteiger partial charge >= 0.3 is 6.03 Å². The summed E-state index contributed by atoms with van der Waals surface area (Å²) >= 11 is 0. The van der Waals surface area contributed by atoms with Crippen molar-refractivity contribution in [1.82, 2.24) is 5.32 Å². The average molecular weight is 246 g/mol. The normalized spacial score (nSPS) is 17.7. The first kappa shape index (κ1) is 11.4. The second-order valence-corrected chi connectivity index (χ2v) is 5.06. The second kappa shape index (κ2) is 4.88. The number of carbonyl (C=O) groups is 1. The van der Waals surface area contributed by atoms with Gasteiger partial charge in [-0.15, -0.1) is 0 Å². The maximum Gasteiger partial charge on any atom is 0.319 e. The third kappa shape index (κ3) is 2.75. The van der Waals surface area contributed by atoms with E-state index in [0.717, 1.165) is 35.9 Å². The Morgan fingerprint density at radius 2 is 2.22 bits per heavy atom. The van der Waals surface area contributed by atoms with Crippen LogP contribution in [0.4, 0.5) is 10.5 Å². The van der Waals surface area contributed by atoms with Crippen LogP contribution in [0.3, 0.4) is 0 Å². The van der Waals surface area contributed by atoms with E-state index in [-0.39, 0.29) is 6.03 Å². The van der Waals surface area contributed by atoms with E-state index >= 15 is 0 Å². The monoisotopic (exact) mass is 246 g/mol. The van der Waals surface area contributed by atoms with Crippen molar-refractivity contribution in [2.75, 3.05) is 11.9 Å². The van der Waals surface area contributed by atoms with Crippen LogP contribution in [0.15, 0.2) is 18.2 Å². The molecule has 2 N–H and O–H groups in total. The number of rotatable bonds is 5. The number of anilines is 1. The summed E-state index contributed by atoms with van der Waals surface area (Å²) < 4.78 is 5.71. The van der Waals surface area contributed by atoms with Gasteiger partial charge in [0, 0.05) is 12.6 Å². The van der Waals surface area contributed by atoms with E-state index in [4.69, 9.17) is 4.74 Å². The summed E-state index contributed by atoms with van der Waals surface area (Å²) in [7, 11) is 0. The first-order valence-corrected chi connectivity index (χ1v) is 6.62. The molecule has 1 aliphatic carbocycles. The van der Waals surface area contributed by atoms with E-state index in [9.17, 15) is 4.79 Å². The summed E-state index contributed by atoms with van der Waals surface area (Å²) in [4.78, 5) is 11.2. The van der Waals surface area contributed by atoms with Crippen molar-refractivity contribution < 1.29 is 9.53 Å². The first-order chi connectivity index (χ1) is 8.81. The van der Waals surface area contributed by atoms with Crippen molar-refractivity contribution in [3.63, 3.8) is 0 Å². The third-order valence-electron chi connectivity index (χ3n) is 3.49. The van der Waals surface area contributed by atoms with Gasteiger partial charge in [0.05, 0.1) is 12.3 Å². The van der Waals surface area contributed by atoms with Crippen molar-refractivity contribution in [3.05, 3.63) is 23.8 Å². The molecule has 1 aliphatic heterocycles. The number of fused-ring (bicyclic) bond motifs is 1. The van der Waals surface area contributed by atoms with E-state index in [1.807, 2.05) is 18.2 Å². The lowest BCUT2D eigenvalue weighted by Crippen LogP contribution is -2.33. The van der Waals surface area contributed by atoms with Gasteiger partial charge in [-0.2, -0.15) is 0 Å². The number of hydrogen-bond acceptors (Lipinski definition) is 2. The highest BCUT2D eigenvalue weighted by Crippen LogP contribution is 2.33. The number of nitrogens with one attached hydrogen (secondary N) is 2. The number of carbonyl (C=O) groups excluding carboxylic acids is 1. The summed E-state index contributed by atoms with van der Waals surface area (Å²) in [5.41, 5.74) is 1.96. The highest BCUT2D eigenvalue weighted by Gasteiger charge is 2.20. The number of amides is 2. The van der Waals surface area contributed by atoms with Gasteiger partial charge in [0.15, 0.2) is 0 Å². The quantitative estimate of drug-likeness (QED) is 0.785. The Balaban J connectivity index is 1.55. The van der Waals surface area contributed by atoms with Crippen LogP contribution in [0.25, 0.3) is 0 Å². The maximum absolute atomic E-state index is 11.2. The van der Waals surface area contributed by atoms with Gasteiger partial charge in [-0.3, -0.25) is 0 Å². The third-order valence-corrected chi connectivity index (χ3v) is 3.49. The van der Waals surface area contributed by atoms with E-state index < -0.39 is 0 Å². The molecule has 1 fully saturated rings. The zero-order chi connectivity index (χ0) is 12.4.